The summed E-state index contributed by atoms with van der Waals surface area (Å²) in [6, 6.07) is 8.16. The van der Waals surface area contributed by atoms with Crippen molar-refractivity contribution in [3.05, 3.63) is 46.0 Å². The van der Waals surface area contributed by atoms with E-state index in [4.69, 9.17) is 0 Å². The van der Waals surface area contributed by atoms with Crippen molar-refractivity contribution in [2.75, 3.05) is 0 Å². The monoisotopic (exact) mass is 202 g/mol. The fourth-order valence-electron chi connectivity index (χ4n) is 1.78. The molecule has 0 unspecified atom stereocenters. The molecule has 1 N–H and O–H groups in total. The first-order valence-corrected chi connectivity index (χ1v) is 4.92. The van der Waals surface area contributed by atoms with Crippen LogP contribution in [0, 0.1) is 13.8 Å². The smallest absolute Gasteiger partial charge is 0.309 e. The Morgan fingerprint density at radius 1 is 1.13 bits per heavy atom. The number of aromatic amines is 1. The third kappa shape index (κ3) is 1.61. The van der Waals surface area contributed by atoms with Crippen molar-refractivity contribution in [3.8, 4) is 11.3 Å². The lowest BCUT2D eigenvalue weighted by Crippen LogP contribution is -2.13. The second kappa shape index (κ2) is 3.42. The van der Waals surface area contributed by atoms with Gasteiger partial charge in [0.1, 0.15) is 0 Å². The molecule has 1 aromatic carbocycles. The van der Waals surface area contributed by atoms with E-state index in [0.29, 0.717) is 0 Å². The summed E-state index contributed by atoms with van der Waals surface area (Å²) in [7, 11) is 1.78. The molecule has 3 heteroatoms. The molecule has 0 atom stereocenters. The summed E-state index contributed by atoms with van der Waals surface area (Å²) >= 11 is 0. The summed E-state index contributed by atoms with van der Waals surface area (Å²) in [5.41, 5.74) is 4.09. The van der Waals surface area contributed by atoms with Crippen LogP contribution >= 0.6 is 0 Å². The lowest BCUT2D eigenvalue weighted by Gasteiger charge is -2.03. The van der Waals surface area contributed by atoms with Gasteiger partial charge in [-0.2, -0.15) is 0 Å². The predicted octanol–water partition coefficient (Wildman–Crippen LogP) is 2.00. The van der Waals surface area contributed by atoms with Gasteiger partial charge in [0.05, 0.1) is 5.69 Å². The van der Waals surface area contributed by atoms with Gasteiger partial charge in [0, 0.05) is 18.3 Å². The van der Waals surface area contributed by atoms with Crippen molar-refractivity contribution < 1.29 is 0 Å². The van der Waals surface area contributed by atoms with E-state index in [9.17, 15) is 4.79 Å². The van der Waals surface area contributed by atoms with Crippen LogP contribution in [-0.2, 0) is 7.05 Å². The van der Waals surface area contributed by atoms with Crippen molar-refractivity contribution in [2.45, 2.75) is 13.8 Å². The highest BCUT2D eigenvalue weighted by atomic mass is 16.1. The van der Waals surface area contributed by atoms with Gasteiger partial charge in [0.25, 0.3) is 0 Å². The highest BCUT2D eigenvalue weighted by molar-refractivity contribution is 5.62. The van der Waals surface area contributed by atoms with Crippen LogP contribution in [0.25, 0.3) is 11.3 Å². The molecule has 2 aromatic rings. The van der Waals surface area contributed by atoms with Crippen molar-refractivity contribution in [1.29, 1.82) is 0 Å². The number of imidazole rings is 1. The van der Waals surface area contributed by atoms with Gasteiger partial charge in [0.2, 0.25) is 0 Å². The quantitative estimate of drug-likeness (QED) is 0.754. The average molecular weight is 202 g/mol. The minimum absolute atomic E-state index is 0.0666. The topological polar surface area (TPSA) is 37.8 Å². The van der Waals surface area contributed by atoms with E-state index in [1.54, 1.807) is 11.6 Å². The van der Waals surface area contributed by atoms with Crippen LogP contribution in [0.15, 0.2) is 29.1 Å². The first kappa shape index (κ1) is 9.77. The molecule has 0 aliphatic heterocycles. The summed E-state index contributed by atoms with van der Waals surface area (Å²) in [6.07, 6.45) is 0. The van der Waals surface area contributed by atoms with Gasteiger partial charge in [-0.15, -0.1) is 0 Å². The number of H-pyrrole nitrogens is 1. The van der Waals surface area contributed by atoms with Crippen LogP contribution in [0.2, 0.25) is 0 Å². The lowest BCUT2D eigenvalue weighted by atomic mass is 10.1. The van der Waals surface area contributed by atoms with Crippen LogP contribution in [-0.4, -0.2) is 9.55 Å². The van der Waals surface area contributed by atoms with Crippen LogP contribution < -0.4 is 5.69 Å². The maximum atomic E-state index is 11.4. The largest absolute Gasteiger partial charge is 0.325 e. The third-order valence-electron chi connectivity index (χ3n) is 2.61. The van der Waals surface area contributed by atoms with Crippen LogP contribution in [0.1, 0.15) is 11.3 Å². The second-order valence-electron chi connectivity index (χ2n) is 3.83. The number of nitrogens with one attached hydrogen (secondary N) is 1. The molecule has 1 heterocycles. The van der Waals surface area contributed by atoms with Gasteiger partial charge >= 0.3 is 5.69 Å². The van der Waals surface area contributed by atoms with Gasteiger partial charge < -0.3 is 4.98 Å². The van der Waals surface area contributed by atoms with E-state index < -0.39 is 0 Å². The van der Waals surface area contributed by atoms with Gasteiger partial charge in [-0.05, 0) is 13.8 Å². The van der Waals surface area contributed by atoms with E-state index in [0.717, 1.165) is 17.0 Å². The first-order chi connectivity index (χ1) is 7.09. The Bertz CT molecular complexity index is 532. The molecular formula is C12H14N2O. The summed E-state index contributed by atoms with van der Waals surface area (Å²) in [4.78, 5) is 14.2. The number of nitrogens with zero attached hydrogens (tertiary/aromatic N) is 1. The number of hydrogen-bond acceptors (Lipinski definition) is 1. The van der Waals surface area contributed by atoms with Crippen molar-refractivity contribution in [1.82, 2.24) is 9.55 Å². The zero-order valence-electron chi connectivity index (χ0n) is 9.16. The van der Waals surface area contributed by atoms with E-state index in [-0.39, 0.29) is 5.69 Å². The molecule has 0 saturated heterocycles. The fraction of sp³-hybridized carbons (Fsp3) is 0.250. The zero-order valence-corrected chi connectivity index (χ0v) is 9.16. The Balaban J connectivity index is 2.63. The second-order valence-corrected chi connectivity index (χ2v) is 3.83. The molecule has 0 fully saturated rings. The van der Waals surface area contributed by atoms with E-state index >= 15 is 0 Å². The van der Waals surface area contributed by atoms with Crippen molar-refractivity contribution >= 4 is 0 Å². The molecule has 0 spiro atoms. The highest BCUT2D eigenvalue weighted by Crippen LogP contribution is 2.20. The van der Waals surface area contributed by atoms with Crippen LogP contribution in [0.4, 0.5) is 0 Å². The number of rotatable bonds is 1. The standard InChI is InChI=1S/C12H14N2O/c1-8-4-6-10(7-5-8)11-9(2)13-12(15)14(11)3/h4-7H,1-3H3,(H,13,15). The average Bonchev–Trinajstić information content (AvgIpc) is 2.44. The zero-order chi connectivity index (χ0) is 11.0. The number of aromatic nitrogens is 2. The molecule has 0 radical (unpaired) electrons. The third-order valence-corrected chi connectivity index (χ3v) is 2.61. The molecule has 3 nitrogen and oxygen atoms in total. The normalized spacial score (nSPS) is 10.6. The molecule has 78 valence electrons. The molecule has 1 aromatic heterocycles. The van der Waals surface area contributed by atoms with Crippen LogP contribution in [0.5, 0.6) is 0 Å². The van der Waals surface area contributed by atoms with Crippen molar-refractivity contribution in [2.24, 2.45) is 7.05 Å². The maximum Gasteiger partial charge on any atom is 0.325 e. The number of aryl methyl sites for hydroxylation is 2. The number of hydrogen-bond donors (Lipinski definition) is 1. The molecule has 0 bridgehead atoms. The van der Waals surface area contributed by atoms with Gasteiger partial charge in [-0.25, -0.2) is 4.79 Å². The number of benzene rings is 1. The summed E-state index contributed by atoms with van der Waals surface area (Å²) in [6.45, 7) is 3.96. The minimum Gasteiger partial charge on any atom is -0.309 e. The summed E-state index contributed by atoms with van der Waals surface area (Å²) in [5.74, 6) is 0. The van der Waals surface area contributed by atoms with Crippen molar-refractivity contribution in [3.63, 3.8) is 0 Å². The molecule has 0 aliphatic rings. The SMILES string of the molecule is Cc1ccc(-c2c(C)[nH]c(=O)n2C)cc1. The molecular weight excluding hydrogens is 188 g/mol. The summed E-state index contributed by atoms with van der Waals surface area (Å²) in [5, 5.41) is 0. The van der Waals surface area contributed by atoms with Crippen LogP contribution in [0.3, 0.4) is 0 Å². The summed E-state index contributed by atoms with van der Waals surface area (Å²) < 4.78 is 1.64. The Kier molecular flexibility index (Phi) is 2.23. The van der Waals surface area contributed by atoms with Gasteiger partial charge in [-0.1, -0.05) is 29.8 Å². The van der Waals surface area contributed by atoms with E-state index in [1.807, 2.05) is 38.1 Å². The molecule has 0 amide bonds. The highest BCUT2D eigenvalue weighted by Gasteiger charge is 2.08. The van der Waals surface area contributed by atoms with E-state index in [1.165, 1.54) is 5.56 Å². The lowest BCUT2D eigenvalue weighted by molar-refractivity contribution is 0.869. The van der Waals surface area contributed by atoms with E-state index in [2.05, 4.69) is 4.98 Å². The van der Waals surface area contributed by atoms with Gasteiger partial charge in [0.15, 0.2) is 0 Å². The Labute approximate surface area is 88.4 Å². The minimum atomic E-state index is -0.0666. The molecule has 2 rings (SSSR count). The first-order valence-electron chi connectivity index (χ1n) is 4.92. The predicted molar refractivity (Wildman–Crippen MR) is 60.9 cm³/mol. The molecule has 0 saturated carbocycles. The molecule has 15 heavy (non-hydrogen) atoms. The maximum absolute atomic E-state index is 11.4. The Hall–Kier alpha value is -1.77. The Morgan fingerprint density at radius 2 is 1.73 bits per heavy atom. The van der Waals surface area contributed by atoms with Gasteiger partial charge in [-0.3, -0.25) is 4.57 Å². The fourth-order valence-corrected chi connectivity index (χ4v) is 1.78. The Morgan fingerprint density at radius 3 is 2.20 bits per heavy atom. The molecule has 0 aliphatic carbocycles.